The SMILES string of the molecule is COCCN(CC(=O)N(CCc1ccc(OC)c(OC)c1)Cc1sccc1C)C(=O)NCc1ccccc1. The number of nitrogens with one attached hydrogen (secondary N) is 1. The molecule has 8 nitrogen and oxygen atoms in total. The molecule has 0 aliphatic rings. The van der Waals surface area contributed by atoms with Crippen LogP contribution in [0.25, 0.3) is 0 Å². The number of methoxy groups -OCH3 is 3. The molecule has 0 bridgehead atoms. The highest BCUT2D eigenvalue weighted by atomic mass is 32.1. The molecule has 1 N–H and O–H groups in total. The number of carbonyl (C=O) groups is 2. The van der Waals surface area contributed by atoms with Crippen LogP contribution in [0.15, 0.2) is 60.0 Å². The first kappa shape index (κ1) is 29.0. The number of hydrogen-bond acceptors (Lipinski definition) is 6. The van der Waals surface area contributed by atoms with E-state index >= 15 is 0 Å². The third kappa shape index (κ3) is 8.49. The predicted octanol–water partition coefficient (Wildman–Crippen LogP) is 4.50. The van der Waals surface area contributed by atoms with Gasteiger partial charge in [0.1, 0.15) is 6.54 Å². The smallest absolute Gasteiger partial charge is 0.318 e. The molecule has 0 radical (unpaired) electrons. The molecule has 0 aliphatic heterocycles. The number of carbonyl (C=O) groups excluding carboxylic acids is 2. The van der Waals surface area contributed by atoms with Crippen molar-refractivity contribution in [3.05, 3.63) is 81.5 Å². The Morgan fingerprint density at radius 3 is 2.32 bits per heavy atom. The van der Waals surface area contributed by atoms with E-state index < -0.39 is 0 Å². The molecule has 0 fully saturated rings. The lowest BCUT2D eigenvalue weighted by molar-refractivity contribution is -0.132. The van der Waals surface area contributed by atoms with Crippen molar-refractivity contribution in [1.29, 1.82) is 0 Å². The number of nitrogens with zero attached hydrogens (tertiary/aromatic N) is 2. The second-order valence-electron chi connectivity index (χ2n) is 8.84. The minimum Gasteiger partial charge on any atom is -0.493 e. The summed E-state index contributed by atoms with van der Waals surface area (Å²) >= 11 is 1.63. The number of hydrogen-bond donors (Lipinski definition) is 1. The Hall–Kier alpha value is -3.56. The van der Waals surface area contributed by atoms with E-state index in [4.69, 9.17) is 14.2 Å². The van der Waals surface area contributed by atoms with Crippen molar-refractivity contribution in [3.63, 3.8) is 0 Å². The van der Waals surface area contributed by atoms with Gasteiger partial charge in [-0.3, -0.25) is 4.79 Å². The number of aryl methyl sites for hydroxylation is 1. The Balaban J connectivity index is 1.72. The minimum absolute atomic E-state index is 0.0413. The van der Waals surface area contributed by atoms with Gasteiger partial charge in [0.25, 0.3) is 0 Å². The molecule has 0 unspecified atom stereocenters. The van der Waals surface area contributed by atoms with E-state index in [1.807, 2.05) is 65.7 Å². The molecule has 0 saturated heterocycles. The normalized spacial score (nSPS) is 10.6. The summed E-state index contributed by atoms with van der Waals surface area (Å²) in [6.45, 7) is 4.01. The summed E-state index contributed by atoms with van der Waals surface area (Å²) in [6, 6.07) is 17.2. The highest BCUT2D eigenvalue weighted by molar-refractivity contribution is 7.10. The molecule has 204 valence electrons. The molecule has 1 aromatic heterocycles. The Labute approximate surface area is 229 Å². The van der Waals surface area contributed by atoms with E-state index in [9.17, 15) is 9.59 Å². The molecule has 0 atom stereocenters. The highest BCUT2D eigenvalue weighted by Gasteiger charge is 2.22. The number of ether oxygens (including phenoxy) is 3. The zero-order valence-corrected chi connectivity index (χ0v) is 23.4. The Morgan fingerprint density at radius 2 is 1.66 bits per heavy atom. The average molecular weight is 540 g/mol. The van der Waals surface area contributed by atoms with Crippen LogP contribution in [0.2, 0.25) is 0 Å². The molecular formula is C29H37N3O5S. The number of urea groups is 1. The fourth-order valence-electron chi connectivity index (χ4n) is 3.93. The maximum atomic E-state index is 13.6. The van der Waals surface area contributed by atoms with Gasteiger partial charge in [0.2, 0.25) is 5.91 Å². The lowest BCUT2D eigenvalue weighted by Gasteiger charge is -2.28. The quantitative estimate of drug-likeness (QED) is 0.326. The van der Waals surface area contributed by atoms with Gasteiger partial charge >= 0.3 is 6.03 Å². The highest BCUT2D eigenvalue weighted by Crippen LogP contribution is 2.28. The first-order chi connectivity index (χ1) is 18.4. The average Bonchev–Trinajstić information content (AvgIpc) is 3.35. The van der Waals surface area contributed by atoms with E-state index in [2.05, 4.69) is 11.4 Å². The molecule has 3 amide bonds. The molecule has 38 heavy (non-hydrogen) atoms. The fourth-order valence-corrected chi connectivity index (χ4v) is 4.85. The van der Waals surface area contributed by atoms with E-state index in [1.54, 1.807) is 32.7 Å². The first-order valence-corrected chi connectivity index (χ1v) is 13.4. The topological polar surface area (TPSA) is 80.3 Å². The molecule has 3 aromatic rings. The summed E-state index contributed by atoms with van der Waals surface area (Å²) in [5.74, 6) is 1.19. The molecule has 1 heterocycles. The lowest BCUT2D eigenvalue weighted by atomic mass is 10.1. The fraction of sp³-hybridized carbons (Fsp3) is 0.379. The van der Waals surface area contributed by atoms with Crippen molar-refractivity contribution in [2.45, 2.75) is 26.4 Å². The number of thiophene rings is 1. The standard InChI is InChI=1S/C29H37N3O5S/c1-22-13-17-38-27(22)20-31(14-12-23-10-11-25(36-3)26(18-23)37-4)28(33)21-32(15-16-35-2)29(34)30-19-24-8-6-5-7-9-24/h5-11,13,17-18H,12,14-16,19-21H2,1-4H3,(H,30,34). The Kier molecular flexibility index (Phi) is 11.4. The van der Waals surface area contributed by atoms with Crippen LogP contribution in [0.4, 0.5) is 4.79 Å². The maximum absolute atomic E-state index is 13.6. The molecular weight excluding hydrogens is 502 g/mol. The number of rotatable bonds is 14. The van der Waals surface area contributed by atoms with Gasteiger partial charge in [-0.15, -0.1) is 11.3 Å². The Bertz CT molecular complexity index is 1170. The second kappa shape index (κ2) is 15.0. The third-order valence-corrected chi connectivity index (χ3v) is 7.25. The van der Waals surface area contributed by atoms with Gasteiger partial charge in [-0.1, -0.05) is 36.4 Å². The monoisotopic (exact) mass is 539 g/mol. The first-order valence-electron chi connectivity index (χ1n) is 12.5. The van der Waals surface area contributed by atoms with Crippen molar-refractivity contribution < 1.29 is 23.8 Å². The van der Waals surface area contributed by atoms with Gasteiger partial charge < -0.3 is 29.3 Å². The van der Waals surface area contributed by atoms with Crippen molar-refractivity contribution in [3.8, 4) is 11.5 Å². The third-order valence-electron chi connectivity index (χ3n) is 6.24. The van der Waals surface area contributed by atoms with Crippen LogP contribution in [-0.2, 0) is 29.0 Å². The zero-order chi connectivity index (χ0) is 27.3. The molecule has 0 spiro atoms. The second-order valence-corrected chi connectivity index (χ2v) is 9.84. The van der Waals surface area contributed by atoms with Gasteiger partial charge in [0, 0.05) is 31.6 Å². The maximum Gasteiger partial charge on any atom is 0.318 e. The lowest BCUT2D eigenvalue weighted by Crippen LogP contribution is -2.48. The van der Waals surface area contributed by atoms with Gasteiger partial charge in [-0.2, -0.15) is 0 Å². The van der Waals surface area contributed by atoms with Crippen LogP contribution < -0.4 is 14.8 Å². The van der Waals surface area contributed by atoms with Crippen LogP contribution in [-0.4, -0.2) is 69.3 Å². The van der Waals surface area contributed by atoms with E-state index in [-0.39, 0.29) is 18.5 Å². The van der Waals surface area contributed by atoms with Crippen LogP contribution in [0.3, 0.4) is 0 Å². The van der Waals surface area contributed by atoms with Crippen LogP contribution in [0.5, 0.6) is 11.5 Å². The van der Waals surface area contributed by atoms with Gasteiger partial charge in [-0.25, -0.2) is 4.79 Å². The van der Waals surface area contributed by atoms with E-state index in [0.29, 0.717) is 50.7 Å². The summed E-state index contributed by atoms with van der Waals surface area (Å²) in [6.07, 6.45) is 0.634. The van der Waals surface area contributed by atoms with Crippen LogP contribution in [0.1, 0.15) is 21.6 Å². The van der Waals surface area contributed by atoms with E-state index in [0.717, 1.165) is 21.6 Å². The largest absolute Gasteiger partial charge is 0.493 e. The van der Waals surface area contributed by atoms with Crippen molar-refractivity contribution >= 4 is 23.3 Å². The van der Waals surface area contributed by atoms with Gasteiger partial charge in [0.15, 0.2) is 11.5 Å². The van der Waals surface area contributed by atoms with Crippen molar-refractivity contribution in [2.24, 2.45) is 0 Å². The molecule has 9 heteroatoms. The predicted molar refractivity (Wildman–Crippen MR) is 150 cm³/mol. The summed E-state index contributed by atoms with van der Waals surface area (Å²) < 4.78 is 16.0. The number of benzene rings is 2. The Morgan fingerprint density at radius 1 is 0.895 bits per heavy atom. The summed E-state index contributed by atoms with van der Waals surface area (Å²) in [7, 11) is 4.79. The number of amides is 3. The van der Waals surface area contributed by atoms with Crippen molar-refractivity contribution in [1.82, 2.24) is 15.1 Å². The van der Waals surface area contributed by atoms with Crippen LogP contribution >= 0.6 is 11.3 Å². The van der Waals surface area contributed by atoms with Crippen LogP contribution in [0, 0.1) is 6.92 Å². The molecule has 0 aliphatic carbocycles. The van der Waals surface area contributed by atoms with E-state index in [1.165, 1.54) is 4.90 Å². The summed E-state index contributed by atoms with van der Waals surface area (Å²) in [4.78, 5) is 31.1. The van der Waals surface area contributed by atoms with Gasteiger partial charge in [0.05, 0.1) is 27.4 Å². The van der Waals surface area contributed by atoms with Crippen molar-refractivity contribution in [2.75, 3.05) is 47.6 Å². The molecule has 0 saturated carbocycles. The van der Waals surface area contributed by atoms with Gasteiger partial charge in [-0.05, 0) is 53.6 Å². The summed E-state index contributed by atoms with van der Waals surface area (Å²) in [5, 5.41) is 4.96. The molecule has 3 rings (SSSR count). The minimum atomic E-state index is -0.300. The molecule has 2 aromatic carbocycles. The zero-order valence-electron chi connectivity index (χ0n) is 22.6. The summed E-state index contributed by atoms with van der Waals surface area (Å²) in [5.41, 5.74) is 3.17.